The Morgan fingerprint density at radius 3 is 2.50 bits per heavy atom. The average molecular weight is 174 g/mol. The normalized spacial score (nSPS) is 37.2. The number of ether oxygens (including phenoxy) is 3. The largest absolute Gasteiger partial charge is 0.387 e. The van der Waals surface area contributed by atoms with Crippen LogP contribution in [0.25, 0.3) is 0 Å². The Hall–Kier alpha value is -0.420. The highest BCUT2D eigenvalue weighted by Crippen LogP contribution is 2.27. The van der Waals surface area contributed by atoms with Gasteiger partial charge in [0.1, 0.15) is 6.10 Å². The topological polar surface area (TPSA) is 47.9 Å². The zero-order chi connectivity index (χ0) is 9.19. The van der Waals surface area contributed by atoms with Crippen LogP contribution in [0.5, 0.6) is 0 Å². The molecule has 3 atom stereocenters. The van der Waals surface area contributed by atoms with Crippen molar-refractivity contribution in [3.63, 3.8) is 0 Å². The molecule has 1 unspecified atom stereocenters. The van der Waals surface area contributed by atoms with E-state index in [2.05, 4.69) is 0 Å². The second-order valence-electron chi connectivity index (χ2n) is 2.68. The van der Waals surface area contributed by atoms with Gasteiger partial charge in [-0.2, -0.15) is 0 Å². The first kappa shape index (κ1) is 9.67. The van der Waals surface area contributed by atoms with E-state index in [-0.39, 0.29) is 0 Å². The van der Waals surface area contributed by atoms with Crippen LogP contribution in [0.1, 0.15) is 6.92 Å². The highest BCUT2D eigenvalue weighted by molar-refractivity contribution is 5.07. The summed E-state index contributed by atoms with van der Waals surface area (Å²) in [4.78, 5) is 0. The van der Waals surface area contributed by atoms with Crippen LogP contribution in [0, 0.1) is 0 Å². The molecule has 12 heavy (non-hydrogen) atoms. The number of aliphatic hydroxyl groups excluding tert-OH is 1. The molecule has 1 heterocycles. The molecule has 0 aliphatic carbocycles. The summed E-state index contributed by atoms with van der Waals surface area (Å²) in [5.74, 6) is -1.04. The summed E-state index contributed by atoms with van der Waals surface area (Å²) in [5.41, 5.74) is 0. The molecule has 0 fully saturated rings. The quantitative estimate of drug-likeness (QED) is 0.624. The molecule has 70 valence electrons. The second-order valence-corrected chi connectivity index (χ2v) is 2.68. The van der Waals surface area contributed by atoms with Crippen LogP contribution in [0.3, 0.4) is 0 Å². The monoisotopic (exact) mass is 174 g/mol. The molecule has 0 amide bonds. The van der Waals surface area contributed by atoms with Gasteiger partial charge in [0.15, 0.2) is 6.29 Å². The molecule has 0 radical (unpaired) electrons. The van der Waals surface area contributed by atoms with Gasteiger partial charge in [0, 0.05) is 14.2 Å². The number of hydrogen-bond donors (Lipinski definition) is 1. The van der Waals surface area contributed by atoms with Crippen LogP contribution in [0.15, 0.2) is 12.2 Å². The van der Waals surface area contributed by atoms with Crippen molar-refractivity contribution in [2.24, 2.45) is 0 Å². The Kier molecular flexibility index (Phi) is 2.85. The average Bonchev–Trinajstić information content (AvgIpc) is 2.48. The van der Waals surface area contributed by atoms with Crippen molar-refractivity contribution >= 4 is 0 Å². The number of hydrogen-bond acceptors (Lipinski definition) is 4. The fraction of sp³-hybridized carbons (Fsp3) is 0.750. The smallest absolute Gasteiger partial charge is 0.217 e. The zero-order valence-corrected chi connectivity index (χ0v) is 7.48. The minimum absolute atomic E-state index is 0.431. The summed E-state index contributed by atoms with van der Waals surface area (Å²) in [6.45, 7) is 1.60. The van der Waals surface area contributed by atoms with E-state index in [1.165, 1.54) is 14.2 Å². The maximum atomic E-state index is 9.36. The van der Waals surface area contributed by atoms with Crippen LogP contribution in [0.2, 0.25) is 0 Å². The molecule has 0 aromatic rings. The fourth-order valence-corrected chi connectivity index (χ4v) is 1.12. The van der Waals surface area contributed by atoms with Crippen molar-refractivity contribution in [2.45, 2.75) is 25.1 Å². The van der Waals surface area contributed by atoms with Crippen molar-refractivity contribution in [1.29, 1.82) is 0 Å². The summed E-state index contributed by atoms with van der Waals surface area (Å²) < 4.78 is 15.3. The molecule has 0 aromatic heterocycles. The van der Waals surface area contributed by atoms with E-state index < -0.39 is 18.2 Å². The lowest BCUT2D eigenvalue weighted by Gasteiger charge is -2.29. The molecule has 0 saturated carbocycles. The van der Waals surface area contributed by atoms with Gasteiger partial charge in [-0.05, 0) is 19.1 Å². The van der Waals surface area contributed by atoms with Crippen LogP contribution in [-0.2, 0) is 14.2 Å². The number of methoxy groups -OCH3 is 2. The van der Waals surface area contributed by atoms with E-state index in [9.17, 15) is 5.11 Å². The molecule has 1 N–H and O–H groups in total. The zero-order valence-electron chi connectivity index (χ0n) is 7.48. The van der Waals surface area contributed by atoms with Crippen molar-refractivity contribution in [3.8, 4) is 0 Å². The van der Waals surface area contributed by atoms with Gasteiger partial charge in [0.05, 0.1) is 0 Å². The van der Waals surface area contributed by atoms with Gasteiger partial charge in [-0.3, -0.25) is 0 Å². The summed E-state index contributed by atoms with van der Waals surface area (Å²) in [7, 11) is 3.01. The molecule has 0 aromatic carbocycles. The van der Waals surface area contributed by atoms with Crippen molar-refractivity contribution in [1.82, 2.24) is 0 Å². The van der Waals surface area contributed by atoms with E-state index in [0.717, 1.165) is 0 Å². The van der Waals surface area contributed by atoms with Crippen molar-refractivity contribution in [2.75, 3.05) is 14.2 Å². The maximum Gasteiger partial charge on any atom is 0.217 e. The Morgan fingerprint density at radius 1 is 1.58 bits per heavy atom. The lowest BCUT2D eigenvalue weighted by molar-refractivity contribution is -0.275. The summed E-state index contributed by atoms with van der Waals surface area (Å²) in [5, 5.41) is 9.36. The molecule has 0 bridgehead atoms. The van der Waals surface area contributed by atoms with Crippen molar-refractivity contribution < 1.29 is 19.3 Å². The summed E-state index contributed by atoms with van der Waals surface area (Å²) in [6.07, 6.45) is 2.21. The van der Waals surface area contributed by atoms with Crippen LogP contribution < -0.4 is 0 Å². The summed E-state index contributed by atoms with van der Waals surface area (Å²) in [6, 6.07) is 0. The Bertz CT molecular complexity index is 178. The van der Waals surface area contributed by atoms with Crippen LogP contribution in [-0.4, -0.2) is 37.5 Å². The second kappa shape index (κ2) is 3.53. The Labute approximate surface area is 71.7 Å². The molecule has 4 nitrogen and oxygen atoms in total. The third-order valence-electron chi connectivity index (χ3n) is 1.92. The van der Waals surface area contributed by atoms with E-state index in [1.807, 2.05) is 0 Å². The first-order valence-corrected chi connectivity index (χ1v) is 3.78. The van der Waals surface area contributed by atoms with E-state index >= 15 is 0 Å². The van der Waals surface area contributed by atoms with Crippen LogP contribution in [0.4, 0.5) is 0 Å². The van der Waals surface area contributed by atoms with Crippen molar-refractivity contribution in [3.05, 3.63) is 12.2 Å². The van der Waals surface area contributed by atoms with Crippen LogP contribution >= 0.6 is 0 Å². The van der Waals surface area contributed by atoms with Gasteiger partial charge in [0.25, 0.3) is 0 Å². The highest BCUT2D eigenvalue weighted by Gasteiger charge is 2.40. The SMILES string of the molecule is CO[C@H]1C=C[C@@](OC)(C(C)O)O1. The predicted octanol–water partition coefficient (Wildman–Crippen LogP) is 0.269. The first-order chi connectivity index (χ1) is 5.64. The highest BCUT2D eigenvalue weighted by atomic mass is 16.8. The molecule has 0 saturated heterocycles. The van der Waals surface area contributed by atoms with E-state index in [0.29, 0.717) is 0 Å². The molecular formula is C8H14O4. The Balaban J connectivity index is 2.68. The minimum atomic E-state index is -1.04. The van der Waals surface area contributed by atoms with E-state index in [4.69, 9.17) is 14.2 Å². The van der Waals surface area contributed by atoms with Gasteiger partial charge in [-0.25, -0.2) is 0 Å². The molecule has 0 spiro atoms. The van der Waals surface area contributed by atoms with Gasteiger partial charge < -0.3 is 19.3 Å². The lowest BCUT2D eigenvalue weighted by Crippen LogP contribution is -2.42. The van der Waals surface area contributed by atoms with Gasteiger partial charge >= 0.3 is 0 Å². The third-order valence-corrected chi connectivity index (χ3v) is 1.92. The molecule has 1 aliphatic rings. The third kappa shape index (κ3) is 1.51. The van der Waals surface area contributed by atoms with Gasteiger partial charge in [0.2, 0.25) is 5.79 Å². The molecular weight excluding hydrogens is 160 g/mol. The minimum Gasteiger partial charge on any atom is -0.387 e. The molecule has 1 aliphatic heterocycles. The van der Waals surface area contributed by atoms with Gasteiger partial charge in [-0.1, -0.05) is 0 Å². The molecule has 1 rings (SSSR count). The van der Waals surface area contributed by atoms with Gasteiger partial charge in [-0.15, -0.1) is 0 Å². The number of rotatable bonds is 3. The maximum absolute atomic E-state index is 9.36. The summed E-state index contributed by atoms with van der Waals surface area (Å²) >= 11 is 0. The predicted molar refractivity (Wildman–Crippen MR) is 42.4 cm³/mol. The van der Waals surface area contributed by atoms with E-state index in [1.54, 1.807) is 19.1 Å². The standard InChI is InChI=1S/C8H14O4/c1-6(9)8(11-3)5-4-7(10-2)12-8/h4-7,9H,1-3H3/t6?,7-,8+/m1/s1. The number of aliphatic hydroxyl groups is 1. The lowest BCUT2D eigenvalue weighted by atomic mass is 10.2. The Morgan fingerprint density at radius 2 is 2.25 bits per heavy atom. The first-order valence-electron chi connectivity index (χ1n) is 3.78. The molecule has 4 heteroatoms. The fourth-order valence-electron chi connectivity index (χ4n) is 1.12.